The second kappa shape index (κ2) is 5.36. The van der Waals surface area contributed by atoms with E-state index in [9.17, 15) is 9.18 Å². The normalized spacial score (nSPS) is 15.4. The summed E-state index contributed by atoms with van der Waals surface area (Å²) in [5, 5.41) is 3.70. The van der Waals surface area contributed by atoms with Crippen LogP contribution < -0.4 is 10.2 Å². The number of amides is 1. The average Bonchev–Trinajstić information content (AvgIpc) is 2.79. The van der Waals surface area contributed by atoms with Crippen molar-refractivity contribution in [1.29, 1.82) is 0 Å². The summed E-state index contributed by atoms with van der Waals surface area (Å²) >= 11 is 1.47. The van der Waals surface area contributed by atoms with Gasteiger partial charge in [-0.1, -0.05) is 24.3 Å². The van der Waals surface area contributed by atoms with Gasteiger partial charge in [0, 0.05) is 19.6 Å². The van der Waals surface area contributed by atoms with E-state index in [1.54, 1.807) is 6.07 Å². The molecule has 0 radical (unpaired) electrons. The maximum absolute atomic E-state index is 13.6. The summed E-state index contributed by atoms with van der Waals surface area (Å²) in [5.74, 6) is -0.156. The fourth-order valence-corrected chi connectivity index (χ4v) is 3.23. The Balaban J connectivity index is 1.66. The Labute approximate surface area is 120 Å². The van der Waals surface area contributed by atoms with Crippen LogP contribution in [0, 0.1) is 11.7 Å². The number of halogens is 1. The van der Waals surface area contributed by atoms with Crippen LogP contribution in [0.2, 0.25) is 0 Å². The molecule has 0 bridgehead atoms. The van der Waals surface area contributed by atoms with Gasteiger partial charge in [0.2, 0.25) is 5.91 Å². The highest BCUT2D eigenvalue weighted by Crippen LogP contribution is 2.33. The SMILES string of the molecule is CCCNC(=O)C1CN(c2nc3c(F)cccc3s2)C1. The number of fused-ring (bicyclic) bond motifs is 1. The maximum Gasteiger partial charge on any atom is 0.226 e. The fourth-order valence-electron chi connectivity index (χ4n) is 2.23. The minimum atomic E-state index is -0.289. The van der Waals surface area contributed by atoms with E-state index in [4.69, 9.17) is 0 Å². The molecule has 1 N–H and O–H groups in total. The van der Waals surface area contributed by atoms with Gasteiger partial charge in [-0.15, -0.1) is 0 Å². The topological polar surface area (TPSA) is 45.2 Å². The van der Waals surface area contributed by atoms with Gasteiger partial charge in [-0.25, -0.2) is 9.37 Å². The Bertz CT molecular complexity index is 636. The van der Waals surface area contributed by atoms with Crippen molar-refractivity contribution < 1.29 is 9.18 Å². The smallest absolute Gasteiger partial charge is 0.226 e. The monoisotopic (exact) mass is 293 g/mol. The molecule has 2 heterocycles. The number of hydrogen-bond donors (Lipinski definition) is 1. The number of para-hydroxylation sites is 1. The quantitative estimate of drug-likeness (QED) is 0.941. The van der Waals surface area contributed by atoms with Gasteiger partial charge in [0.25, 0.3) is 0 Å². The molecule has 1 aliphatic rings. The summed E-state index contributed by atoms with van der Waals surface area (Å²) in [5.41, 5.74) is 0.423. The van der Waals surface area contributed by atoms with Crippen LogP contribution in [-0.2, 0) is 4.79 Å². The number of aromatic nitrogens is 1. The van der Waals surface area contributed by atoms with Gasteiger partial charge in [-0.2, -0.15) is 0 Å². The van der Waals surface area contributed by atoms with Crippen LogP contribution in [0.1, 0.15) is 13.3 Å². The van der Waals surface area contributed by atoms with Crippen molar-refractivity contribution >= 4 is 32.6 Å². The minimum absolute atomic E-state index is 0.0263. The molecule has 0 saturated carbocycles. The Hall–Kier alpha value is -1.69. The second-order valence-corrected chi connectivity index (χ2v) is 5.99. The second-order valence-electron chi connectivity index (χ2n) is 4.98. The van der Waals surface area contributed by atoms with Crippen LogP contribution in [0.25, 0.3) is 10.2 Å². The molecule has 0 unspecified atom stereocenters. The summed E-state index contributed by atoms with van der Waals surface area (Å²) in [6.45, 7) is 4.08. The molecule has 3 rings (SSSR count). The molecular weight excluding hydrogens is 277 g/mol. The van der Waals surface area contributed by atoms with Crippen molar-refractivity contribution in [2.24, 2.45) is 5.92 Å². The Morgan fingerprint density at radius 3 is 3.05 bits per heavy atom. The molecule has 1 fully saturated rings. The van der Waals surface area contributed by atoms with Crippen LogP contribution in [0.15, 0.2) is 18.2 Å². The van der Waals surface area contributed by atoms with Crippen LogP contribution in [-0.4, -0.2) is 30.5 Å². The first kappa shape index (κ1) is 13.3. The fraction of sp³-hybridized carbons (Fsp3) is 0.429. The first-order chi connectivity index (χ1) is 9.69. The first-order valence-corrected chi connectivity index (χ1v) is 7.58. The first-order valence-electron chi connectivity index (χ1n) is 6.76. The molecule has 0 aliphatic carbocycles. The Kier molecular flexibility index (Phi) is 3.56. The van der Waals surface area contributed by atoms with Gasteiger partial charge in [-0.3, -0.25) is 4.79 Å². The van der Waals surface area contributed by atoms with Gasteiger partial charge in [0.15, 0.2) is 5.13 Å². The van der Waals surface area contributed by atoms with Crippen LogP contribution in [0.3, 0.4) is 0 Å². The number of anilines is 1. The highest BCUT2D eigenvalue weighted by Gasteiger charge is 2.34. The molecular formula is C14H16FN3OS. The lowest BCUT2D eigenvalue weighted by Crippen LogP contribution is -2.53. The molecule has 1 aromatic carbocycles. The van der Waals surface area contributed by atoms with Crippen molar-refractivity contribution in [2.45, 2.75) is 13.3 Å². The Morgan fingerprint density at radius 2 is 2.35 bits per heavy atom. The average molecular weight is 293 g/mol. The van der Waals surface area contributed by atoms with Crippen molar-refractivity contribution in [2.75, 3.05) is 24.5 Å². The van der Waals surface area contributed by atoms with Gasteiger partial charge in [0.05, 0.1) is 10.6 Å². The van der Waals surface area contributed by atoms with Crippen LogP contribution >= 0.6 is 11.3 Å². The molecule has 2 aromatic rings. The number of carbonyl (C=O) groups excluding carboxylic acids is 1. The number of thiazole rings is 1. The van der Waals surface area contributed by atoms with E-state index >= 15 is 0 Å². The van der Waals surface area contributed by atoms with Gasteiger partial charge in [0.1, 0.15) is 11.3 Å². The molecule has 0 atom stereocenters. The molecule has 20 heavy (non-hydrogen) atoms. The summed E-state index contributed by atoms with van der Waals surface area (Å²) in [4.78, 5) is 18.1. The largest absolute Gasteiger partial charge is 0.356 e. The molecule has 1 saturated heterocycles. The van der Waals surface area contributed by atoms with Gasteiger partial charge >= 0.3 is 0 Å². The van der Waals surface area contributed by atoms with Gasteiger partial charge in [-0.05, 0) is 18.6 Å². The van der Waals surface area contributed by atoms with E-state index in [2.05, 4.69) is 10.3 Å². The van der Waals surface area contributed by atoms with E-state index in [-0.39, 0.29) is 17.6 Å². The van der Waals surface area contributed by atoms with Crippen LogP contribution in [0.4, 0.5) is 9.52 Å². The molecule has 6 heteroatoms. The number of nitrogens with one attached hydrogen (secondary N) is 1. The van der Waals surface area contributed by atoms with E-state index < -0.39 is 0 Å². The minimum Gasteiger partial charge on any atom is -0.356 e. The summed E-state index contributed by atoms with van der Waals surface area (Å²) in [6, 6.07) is 4.98. The molecule has 106 valence electrons. The maximum atomic E-state index is 13.6. The third kappa shape index (κ3) is 2.35. The van der Waals surface area contributed by atoms with Gasteiger partial charge < -0.3 is 10.2 Å². The number of hydrogen-bond acceptors (Lipinski definition) is 4. The van der Waals surface area contributed by atoms with E-state index in [0.717, 1.165) is 22.8 Å². The standard InChI is InChI=1S/C14H16FN3OS/c1-2-6-16-13(19)9-7-18(8-9)14-17-12-10(15)4-3-5-11(12)20-14/h3-5,9H,2,6-8H2,1H3,(H,16,19). The molecule has 1 aromatic heterocycles. The Morgan fingerprint density at radius 1 is 1.55 bits per heavy atom. The zero-order valence-electron chi connectivity index (χ0n) is 11.2. The third-order valence-electron chi connectivity index (χ3n) is 3.43. The molecule has 1 aliphatic heterocycles. The lowest BCUT2D eigenvalue weighted by molar-refractivity contribution is -0.125. The highest BCUT2D eigenvalue weighted by atomic mass is 32.1. The van der Waals surface area contributed by atoms with Crippen LogP contribution in [0.5, 0.6) is 0 Å². The van der Waals surface area contributed by atoms with Crippen molar-refractivity contribution in [1.82, 2.24) is 10.3 Å². The van der Waals surface area contributed by atoms with E-state index in [0.29, 0.717) is 18.6 Å². The molecule has 1 amide bonds. The summed E-state index contributed by atoms with van der Waals surface area (Å²) in [6.07, 6.45) is 0.944. The van der Waals surface area contributed by atoms with Crippen molar-refractivity contribution in [3.63, 3.8) is 0 Å². The number of rotatable bonds is 4. The number of benzene rings is 1. The van der Waals surface area contributed by atoms with Crippen molar-refractivity contribution in [3.8, 4) is 0 Å². The zero-order chi connectivity index (χ0) is 14.1. The molecule has 0 spiro atoms. The highest BCUT2D eigenvalue weighted by molar-refractivity contribution is 7.22. The summed E-state index contributed by atoms with van der Waals surface area (Å²) in [7, 11) is 0. The lowest BCUT2D eigenvalue weighted by Gasteiger charge is -2.37. The van der Waals surface area contributed by atoms with E-state index in [1.807, 2.05) is 17.9 Å². The molecule has 4 nitrogen and oxygen atoms in total. The predicted octanol–water partition coefficient (Wildman–Crippen LogP) is 2.40. The summed E-state index contributed by atoms with van der Waals surface area (Å²) < 4.78 is 14.4. The van der Waals surface area contributed by atoms with E-state index in [1.165, 1.54) is 17.4 Å². The van der Waals surface area contributed by atoms with Crippen molar-refractivity contribution in [3.05, 3.63) is 24.0 Å². The lowest BCUT2D eigenvalue weighted by atomic mass is 10.0. The predicted molar refractivity (Wildman–Crippen MR) is 78.6 cm³/mol. The zero-order valence-corrected chi connectivity index (χ0v) is 12.0. The third-order valence-corrected chi connectivity index (χ3v) is 4.51. The number of nitrogens with zero attached hydrogens (tertiary/aromatic N) is 2. The number of carbonyl (C=O) groups is 1.